The molecule has 0 amide bonds. The number of fused-ring (bicyclic) bond motifs is 4. The number of aromatic nitrogens is 1. The molecular weight excluding hydrogens is 335 g/mol. The first kappa shape index (κ1) is 18.7. The van der Waals surface area contributed by atoms with Crippen LogP contribution in [0, 0.1) is 11.2 Å². The highest BCUT2D eigenvalue weighted by atomic mass is 19.1. The molecule has 0 aliphatic carbocycles. The van der Waals surface area contributed by atoms with Gasteiger partial charge in [0.15, 0.2) is 11.6 Å². The number of carbonyl (C=O) groups is 1. The molecule has 2 aromatic rings. The third kappa shape index (κ3) is 3.43. The van der Waals surface area contributed by atoms with Gasteiger partial charge in [-0.05, 0) is 45.0 Å². The van der Waals surface area contributed by atoms with Gasteiger partial charge in [0.2, 0.25) is 0 Å². The molecule has 1 aromatic carbocycles. The lowest BCUT2D eigenvalue weighted by Gasteiger charge is -2.47. The van der Waals surface area contributed by atoms with Crippen molar-refractivity contribution in [1.82, 2.24) is 9.88 Å². The topological polar surface area (TPSA) is 54.6 Å². The van der Waals surface area contributed by atoms with Crippen LogP contribution in [0.3, 0.4) is 0 Å². The number of nitrogens with one attached hydrogen (secondary N) is 1. The SMILES string of the molecule is CC.COc1cc2[nH]cc(C(=O)OCC34CCN(CC3)CC4)c2cc1F. The lowest BCUT2D eigenvalue weighted by Crippen LogP contribution is -2.50. The molecular formula is C20H27FN2O3. The van der Waals surface area contributed by atoms with E-state index in [1.165, 1.54) is 13.2 Å². The number of halogens is 1. The van der Waals surface area contributed by atoms with Crippen molar-refractivity contribution in [3.05, 3.63) is 29.7 Å². The molecule has 0 radical (unpaired) electrons. The fourth-order valence-electron chi connectivity index (χ4n) is 3.86. The van der Waals surface area contributed by atoms with Crippen LogP contribution in [0.15, 0.2) is 18.3 Å². The minimum Gasteiger partial charge on any atom is -0.494 e. The van der Waals surface area contributed by atoms with Crippen molar-refractivity contribution in [3.63, 3.8) is 0 Å². The second kappa shape index (κ2) is 7.66. The Kier molecular flexibility index (Phi) is 5.51. The van der Waals surface area contributed by atoms with Gasteiger partial charge in [0, 0.05) is 23.1 Å². The average molecular weight is 362 g/mol. The summed E-state index contributed by atoms with van der Waals surface area (Å²) in [6.07, 6.45) is 4.83. The maximum atomic E-state index is 13.9. The Morgan fingerprint density at radius 3 is 2.50 bits per heavy atom. The van der Waals surface area contributed by atoms with E-state index in [-0.39, 0.29) is 11.2 Å². The Labute approximate surface area is 153 Å². The summed E-state index contributed by atoms with van der Waals surface area (Å²) < 4.78 is 24.5. The number of rotatable bonds is 4. The van der Waals surface area contributed by atoms with Crippen LogP contribution in [0.1, 0.15) is 43.5 Å². The van der Waals surface area contributed by atoms with E-state index in [1.54, 1.807) is 12.3 Å². The van der Waals surface area contributed by atoms with E-state index >= 15 is 0 Å². The molecule has 0 unspecified atom stereocenters. The number of piperidine rings is 3. The molecule has 3 aliphatic heterocycles. The first-order chi connectivity index (χ1) is 12.6. The summed E-state index contributed by atoms with van der Waals surface area (Å²) in [4.78, 5) is 17.9. The zero-order valence-electron chi connectivity index (χ0n) is 15.7. The van der Waals surface area contributed by atoms with Gasteiger partial charge in [-0.1, -0.05) is 13.8 Å². The molecule has 26 heavy (non-hydrogen) atoms. The molecule has 2 bridgehead atoms. The van der Waals surface area contributed by atoms with E-state index in [0.717, 1.165) is 38.9 Å². The summed E-state index contributed by atoms with van der Waals surface area (Å²) in [6.45, 7) is 7.73. The van der Waals surface area contributed by atoms with Crippen molar-refractivity contribution in [1.29, 1.82) is 0 Å². The third-order valence-corrected chi connectivity index (χ3v) is 5.56. The van der Waals surface area contributed by atoms with Gasteiger partial charge in [-0.3, -0.25) is 0 Å². The molecule has 142 valence electrons. The highest BCUT2D eigenvalue weighted by Crippen LogP contribution is 2.40. The van der Waals surface area contributed by atoms with Crippen LogP contribution in [0.2, 0.25) is 0 Å². The minimum atomic E-state index is -0.489. The molecule has 5 nitrogen and oxygen atoms in total. The maximum absolute atomic E-state index is 13.9. The number of hydrogen-bond donors (Lipinski definition) is 1. The van der Waals surface area contributed by atoms with Crippen molar-refractivity contribution in [2.24, 2.45) is 5.41 Å². The molecule has 6 heteroatoms. The third-order valence-electron chi connectivity index (χ3n) is 5.56. The largest absolute Gasteiger partial charge is 0.494 e. The van der Waals surface area contributed by atoms with Gasteiger partial charge in [0.1, 0.15) is 0 Å². The zero-order valence-corrected chi connectivity index (χ0v) is 15.7. The number of hydrogen-bond acceptors (Lipinski definition) is 4. The summed E-state index contributed by atoms with van der Waals surface area (Å²) in [5, 5.41) is 0.522. The fraction of sp³-hybridized carbons (Fsp3) is 0.550. The molecule has 0 spiro atoms. The van der Waals surface area contributed by atoms with Crippen LogP contribution in [0.25, 0.3) is 10.9 Å². The van der Waals surface area contributed by atoms with Crippen LogP contribution < -0.4 is 4.74 Å². The van der Waals surface area contributed by atoms with Crippen molar-refractivity contribution < 1.29 is 18.7 Å². The van der Waals surface area contributed by atoms with Crippen LogP contribution in [-0.4, -0.2) is 49.2 Å². The van der Waals surface area contributed by atoms with Gasteiger partial charge in [0.25, 0.3) is 0 Å². The number of aromatic amines is 1. The second-order valence-electron chi connectivity index (χ2n) is 6.90. The van der Waals surface area contributed by atoms with Crippen molar-refractivity contribution >= 4 is 16.9 Å². The molecule has 1 aromatic heterocycles. The van der Waals surface area contributed by atoms with Crippen LogP contribution in [0.4, 0.5) is 4.39 Å². The summed E-state index contributed by atoms with van der Waals surface area (Å²) >= 11 is 0. The van der Waals surface area contributed by atoms with Crippen molar-refractivity contribution in [3.8, 4) is 5.75 Å². The summed E-state index contributed by atoms with van der Waals surface area (Å²) in [7, 11) is 1.41. The number of carbonyl (C=O) groups excluding carboxylic acids is 1. The number of ether oxygens (including phenoxy) is 2. The van der Waals surface area contributed by atoms with E-state index in [2.05, 4.69) is 9.88 Å². The zero-order chi connectivity index (χ0) is 18.7. The Morgan fingerprint density at radius 1 is 1.23 bits per heavy atom. The molecule has 5 rings (SSSR count). The summed E-state index contributed by atoms with van der Waals surface area (Å²) in [5.74, 6) is -0.734. The number of esters is 1. The van der Waals surface area contributed by atoms with Crippen molar-refractivity contribution in [2.75, 3.05) is 33.4 Å². The fourth-order valence-corrected chi connectivity index (χ4v) is 3.86. The van der Waals surface area contributed by atoms with Gasteiger partial charge < -0.3 is 19.4 Å². The molecule has 0 saturated carbocycles. The summed E-state index contributed by atoms with van der Waals surface area (Å²) in [6, 6.07) is 2.87. The lowest BCUT2D eigenvalue weighted by molar-refractivity contribution is -0.0304. The normalized spacial score (nSPS) is 24.1. The quantitative estimate of drug-likeness (QED) is 0.836. The molecule has 1 N–H and O–H groups in total. The molecule has 3 aliphatic rings. The van der Waals surface area contributed by atoms with E-state index < -0.39 is 11.8 Å². The lowest BCUT2D eigenvalue weighted by atomic mass is 9.73. The van der Waals surface area contributed by atoms with Gasteiger partial charge in [-0.15, -0.1) is 0 Å². The van der Waals surface area contributed by atoms with Crippen LogP contribution in [-0.2, 0) is 4.74 Å². The molecule has 4 heterocycles. The first-order valence-electron chi connectivity index (χ1n) is 9.34. The highest BCUT2D eigenvalue weighted by molar-refractivity contribution is 6.04. The van der Waals surface area contributed by atoms with Crippen LogP contribution in [0.5, 0.6) is 5.75 Å². The minimum absolute atomic E-state index is 0.130. The van der Waals surface area contributed by atoms with Gasteiger partial charge in [0.05, 0.1) is 24.8 Å². The predicted octanol–water partition coefficient (Wildman–Crippen LogP) is 3.98. The smallest absolute Gasteiger partial charge is 0.340 e. The number of benzene rings is 1. The Hall–Kier alpha value is -2.08. The van der Waals surface area contributed by atoms with Gasteiger partial charge in [-0.2, -0.15) is 0 Å². The Balaban J connectivity index is 0.000000948. The van der Waals surface area contributed by atoms with Gasteiger partial charge in [-0.25, -0.2) is 9.18 Å². The number of H-pyrrole nitrogens is 1. The average Bonchev–Trinajstić information content (AvgIpc) is 3.11. The molecule has 3 fully saturated rings. The summed E-state index contributed by atoms with van der Waals surface area (Å²) in [5.41, 5.74) is 1.16. The Morgan fingerprint density at radius 2 is 1.88 bits per heavy atom. The number of methoxy groups -OCH3 is 1. The monoisotopic (exact) mass is 362 g/mol. The van der Waals surface area contributed by atoms with Gasteiger partial charge >= 0.3 is 5.97 Å². The van der Waals surface area contributed by atoms with E-state index in [0.29, 0.717) is 23.1 Å². The van der Waals surface area contributed by atoms with Crippen molar-refractivity contribution in [2.45, 2.75) is 33.1 Å². The standard InChI is InChI=1S/C18H21FN2O3.C2H6/c1-23-16-9-15-12(8-14(16)19)13(10-20-15)17(22)24-11-18-2-5-21(6-3-18)7-4-18;1-2/h8-10,20H,2-7,11H2,1H3;1-2H3. The van der Waals surface area contributed by atoms with E-state index in [1.807, 2.05) is 13.8 Å². The molecule has 3 saturated heterocycles. The Bertz CT molecular complexity index is 765. The second-order valence-corrected chi connectivity index (χ2v) is 6.90. The van der Waals surface area contributed by atoms with E-state index in [4.69, 9.17) is 9.47 Å². The first-order valence-corrected chi connectivity index (χ1v) is 9.34. The maximum Gasteiger partial charge on any atom is 0.340 e. The number of nitrogens with zero attached hydrogens (tertiary/aromatic N) is 1. The predicted molar refractivity (Wildman–Crippen MR) is 99.2 cm³/mol. The molecule has 0 atom stereocenters. The van der Waals surface area contributed by atoms with E-state index in [9.17, 15) is 9.18 Å². The van der Waals surface area contributed by atoms with Crippen LogP contribution >= 0.6 is 0 Å². The highest BCUT2D eigenvalue weighted by Gasteiger charge is 2.40.